The number of benzene rings is 1. The van der Waals surface area contributed by atoms with Crippen molar-refractivity contribution in [3.8, 4) is 5.69 Å². The van der Waals surface area contributed by atoms with E-state index >= 15 is 0 Å². The molecule has 3 nitrogen and oxygen atoms in total. The molecule has 5 heteroatoms. The van der Waals surface area contributed by atoms with Crippen LogP contribution in [0.4, 0.5) is 0 Å². The van der Waals surface area contributed by atoms with Crippen LogP contribution in [-0.4, -0.2) is 20.6 Å². The van der Waals surface area contributed by atoms with E-state index < -0.39 is 0 Å². The van der Waals surface area contributed by atoms with Gasteiger partial charge in [0.15, 0.2) is 5.16 Å². The first-order valence-electron chi connectivity index (χ1n) is 7.71. The minimum Gasteiger partial charge on any atom is -0.268 e. The number of para-hydroxylation sites is 1. The third-order valence-corrected chi connectivity index (χ3v) is 5.86. The summed E-state index contributed by atoms with van der Waals surface area (Å²) >= 11 is 3.35. The normalized spacial score (nSPS) is 16.7. The molecule has 1 atom stereocenters. The highest BCUT2D eigenvalue weighted by Gasteiger charge is 2.26. The molecule has 2 aromatic rings. The number of aromatic nitrogens is 2. The molecule has 1 aliphatic rings. The van der Waals surface area contributed by atoms with Gasteiger partial charge in [-0.05, 0) is 18.6 Å². The monoisotopic (exact) mass is 332 g/mol. The second-order valence-corrected chi connectivity index (χ2v) is 7.99. The molecule has 0 aliphatic carbocycles. The van der Waals surface area contributed by atoms with Crippen LogP contribution in [0.15, 0.2) is 45.2 Å². The van der Waals surface area contributed by atoms with Crippen molar-refractivity contribution >= 4 is 23.5 Å². The predicted molar refractivity (Wildman–Crippen MR) is 94.5 cm³/mol. The Kier molecular flexibility index (Phi) is 4.93. The molecule has 0 N–H and O–H groups in total. The fourth-order valence-electron chi connectivity index (χ4n) is 2.51. The van der Waals surface area contributed by atoms with Crippen LogP contribution >= 0.6 is 23.5 Å². The van der Waals surface area contributed by atoms with E-state index in [9.17, 15) is 4.79 Å². The predicted octanol–water partition coefficient (Wildman–Crippen LogP) is 4.16. The van der Waals surface area contributed by atoms with Crippen molar-refractivity contribution in [2.75, 3.05) is 5.75 Å². The Hall–Kier alpha value is -1.20. The number of unbranched alkanes of at least 4 members (excludes halogenated alkanes) is 1. The van der Waals surface area contributed by atoms with E-state index in [1.54, 1.807) is 28.1 Å². The zero-order valence-corrected chi connectivity index (χ0v) is 14.5. The number of fused-ring (bicyclic) bond motifs is 1. The van der Waals surface area contributed by atoms with E-state index in [4.69, 9.17) is 4.98 Å². The zero-order valence-electron chi connectivity index (χ0n) is 12.9. The first-order valence-corrected chi connectivity index (χ1v) is 9.58. The Bertz CT molecular complexity index is 713. The van der Waals surface area contributed by atoms with Crippen molar-refractivity contribution in [3.63, 3.8) is 0 Å². The lowest BCUT2D eigenvalue weighted by Crippen LogP contribution is -2.23. The summed E-state index contributed by atoms with van der Waals surface area (Å²) in [6.45, 7) is 4.34. The molecule has 0 saturated carbocycles. The molecule has 22 heavy (non-hydrogen) atoms. The number of hydrogen-bond acceptors (Lipinski definition) is 4. The average molecular weight is 332 g/mol. The Morgan fingerprint density at radius 1 is 1.36 bits per heavy atom. The topological polar surface area (TPSA) is 34.9 Å². The van der Waals surface area contributed by atoms with Gasteiger partial charge in [0.2, 0.25) is 0 Å². The molecule has 2 heterocycles. The van der Waals surface area contributed by atoms with E-state index in [0.717, 1.165) is 46.4 Å². The van der Waals surface area contributed by atoms with Crippen molar-refractivity contribution in [1.29, 1.82) is 0 Å². The van der Waals surface area contributed by atoms with Crippen LogP contribution < -0.4 is 5.56 Å². The van der Waals surface area contributed by atoms with E-state index in [2.05, 4.69) is 13.8 Å². The molecule has 0 radical (unpaired) electrons. The van der Waals surface area contributed by atoms with E-state index in [1.807, 2.05) is 30.3 Å². The van der Waals surface area contributed by atoms with Crippen LogP contribution in [0.2, 0.25) is 0 Å². The van der Waals surface area contributed by atoms with E-state index in [0.29, 0.717) is 5.25 Å². The quantitative estimate of drug-likeness (QED) is 0.468. The second-order valence-electron chi connectivity index (χ2n) is 5.48. The van der Waals surface area contributed by atoms with Crippen molar-refractivity contribution < 1.29 is 0 Å². The fraction of sp³-hybridized carbons (Fsp3) is 0.412. The lowest BCUT2D eigenvalue weighted by Gasteiger charge is -2.13. The van der Waals surface area contributed by atoms with Crippen LogP contribution in [0.25, 0.3) is 5.69 Å². The molecular weight excluding hydrogens is 312 g/mol. The van der Waals surface area contributed by atoms with Crippen LogP contribution in [0, 0.1) is 0 Å². The lowest BCUT2D eigenvalue weighted by molar-refractivity contribution is 0.729. The standard InChI is InChI=1S/C17H20N2OS2/c1-3-4-10-21-17-18-14-11-12(2)22-15(14)16(20)19(17)13-8-6-5-7-9-13/h5-9,12H,3-4,10-11H2,1-2H3/t12-/m1/s1. The highest BCUT2D eigenvalue weighted by atomic mass is 32.2. The van der Waals surface area contributed by atoms with Gasteiger partial charge in [0.1, 0.15) is 0 Å². The maximum atomic E-state index is 12.9. The van der Waals surface area contributed by atoms with E-state index in [1.165, 1.54) is 0 Å². The molecule has 0 saturated heterocycles. The lowest BCUT2D eigenvalue weighted by atomic mass is 10.2. The summed E-state index contributed by atoms with van der Waals surface area (Å²) in [4.78, 5) is 18.6. The third-order valence-electron chi connectivity index (χ3n) is 3.62. The van der Waals surface area contributed by atoms with Gasteiger partial charge in [0.05, 0.1) is 16.3 Å². The summed E-state index contributed by atoms with van der Waals surface area (Å²) in [6.07, 6.45) is 3.18. The van der Waals surface area contributed by atoms with Gasteiger partial charge in [-0.15, -0.1) is 11.8 Å². The Morgan fingerprint density at radius 3 is 2.86 bits per heavy atom. The number of nitrogens with zero attached hydrogens (tertiary/aromatic N) is 2. The number of thioether (sulfide) groups is 2. The molecule has 3 rings (SSSR count). The van der Waals surface area contributed by atoms with Crippen molar-refractivity contribution in [2.24, 2.45) is 0 Å². The van der Waals surface area contributed by atoms with Crippen molar-refractivity contribution in [3.05, 3.63) is 46.4 Å². The molecule has 0 spiro atoms. The number of hydrogen-bond donors (Lipinski definition) is 0. The van der Waals surface area contributed by atoms with Gasteiger partial charge >= 0.3 is 0 Å². The smallest absolute Gasteiger partial charge is 0.268 e. The minimum atomic E-state index is 0.0875. The number of rotatable bonds is 5. The largest absolute Gasteiger partial charge is 0.272 e. The van der Waals surface area contributed by atoms with Gasteiger partial charge in [-0.3, -0.25) is 9.36 Å². The summed E-state index contributed by atoms with van der Waals surface area (Å²) in [6, 6.07) is 9.84. The summed E-state index contributed by atoms with van der Waals surface area (Å²) < 4.78 is 1.78. The van der Waals surface area contributed by atoms with Gasteiger partial charge in [-0.25, -0.2) is 4.98 Å². The van der Waals surface area contributed by atoms with Crippen LogP contribution in [0.3, 0.4) is 0 Å². The summed E-state index contributed by atoms with van der Waals surface area (Å²) in [5.74, 6) is 0.997. The molecule has 116 valence electrons. The molecule has 1 aliphatic heterocycles. The van der Waals surface area contributed by atoms with Crippen LogP contribution in [-0.2, 0) is 6.42 Å². The van der Waals surface area contributed by atoms with Crippen LogP contribution in [0.5, 0.6) is 0 Å². The van der Waals surface area contributed by atoms with Crippen LogP contribution in [0.1, 0.15) is 32.4 Å². The Labute approximate surface area is 139 Å². The van der Waals surface area contributed by atoms with Gasteiger partial charge in [-0.1, -0.05) is 50.2 Å². The summed E-state index contributed by atoms with van der Waals surface area (Å²) in [5, 5.41) is 1.27. The fourth-order valence-corrected chi connectivity index (χ4v) is 4.72. The Morgan fingerprint density at radius 2 is 2.14 bits per heavy atom. The first-order chi connectivity index (χ1) is 10.7. The maximum Gasteiger partial charge on any atom is 0.272 e. The molecule has 1 aromatic carbocycles. The van der Waals surface area contributed by atoms with Crippen molar-refractivity contribution in [2.45, 2.75) is 48.4 Å². The highest BCUT2D eigenvalue weighted by Crippen LogP contribution is 2.34. The first kappa shape index (κ1) is 15.7. The molecule has 0 unspecified atom stereocenters. The zero-order chi connectivity index (χ0) is 15.5. The molecular formula is C17H20N2OS2. The summed E-state index contributed by atoms with van der Waals surface area (Å²) in [5.41, 5.74) is 1.97. The van der Waals surface area contributed by atoms with Crippen molar-refractivity contribution in [1.82, 2.24) is 9.55 Å². The SMILES string of the molecule is CCCCSc1nc2c(c(=O)n1-c1ccccc1)S[C@H](C)C2. The Balaban J connectivity index is 2.09. The molecule has 0 fully saturated rings. The third kappa shape index (κ3) is 3.10. The molecule has 0 bridgehead atoms. The minimum absolute atomic E-state index is 0.0875. The summed E-state index contributed by atoms with van der Waals surface area (Å²) in [7, 11) is 0. The second kappa shape index (κ2) is 6.92. The van der Waals surface area contributed by atoms with Gasteiger partial charge in [0, 0.05) is 17.4 Å². The molecule has 0 amide bonds. The van der Waals surface area contributed by atoms with Gasteiger partial charge in [0.25, 0.3) is 5.56 Å². The highest BCUT2D eigenvalue weighted by molar-refractivity contribution is 8.00. The molecule has 1 aromatic heterocycles. The van der Waals surface area contributed by atoms with Gasteiger partial charge < -0.3 is 0 Å². The van der Waals surface area contributed by atoms with Gasteiger partial charge in [-0.2, -0.15) is 0 Å². The maximum absolute atomic E-state index is 12.9. The average Bonchev–Trinajstić information content (AvgIpc) is 2.89. The van der Waals surface area contributed by atoms with E-state index in [-0.39, 0.29) is 5.56 Å².